The molecule has 1 atom stereocenters. The Morgan fingerprint density at radius 1 is 0.253 bits per heavy atom. The molecule has 0 fully saturated rings. The van der Waals surface area contributed by atoms with E-state index in [1.54, 1.807) is 0 Å². The fourth-order valence-electron chi connectivity index (χ4n) is 10.2. The second kappa shape index (κ2) is 67.6. The Balaban J connectivity index is 4.11. The number of esters is 3. The van der Waals surface area contributed by atoms with Crippen LogP contribution in [0.3, 0.4) is 0 Å². The summed E-state index contributed by atoms with van der Waals surface area (Å²) in [5, 5.41) is 0. The molecule has 6 heteroatoms. The first-order valence-corrected chi connectivity index (χ1v) is 34.8. The molecule has 0 amide bonds. The van der Waals surface area contributed by atoms with E-state index in [-0.39, 0.29) is 31.1 Å². The van der Waals surface area contributed by atoms with Crippen molar-refractivity contribution in [2.24, 2.45) is 0 Å². The van der Waals surface area contributed by atoms with E-state index >= 15 is 0 Å². The number of hydrogen-bond acceptors (Lipinski definition) is 6. The molecule has 0 spiro atoms. The number of allylic oxidation sites excluding steroid dienone is 10. The highest BCUT2D eigenvalue weighted by Crippen LogP contribution is 2.18. The zero-order chi connectivity index (χ0) is 57.1. The van der Waals surface area contributed by atoms with Gasteiger partial charge in [0.15, 0.2) is 6.10 Å². The summed E-state index contributed by atoms with van der Waals surface area (Å²) >= 11 is 0. The van der Waals surface area contributed by atoms with Crippen molar-refractivity contribution in [3.05, 3.63) is 60.8 Å². The summed E-state index contributed by atoms with van der Waals surface area (Å²) in [5.41, 5.74) is 0. The number of ether oxygens (including phenoxy) is 3. The molecule has 0 aliphatic heterocycles. The van der Waals surface area contributed by atoms with Crippen LogP contribution in [0, 0.1) is 0 Å². The second-order valence-corrected chi connectivity index (χ2v) is 23.4. The van der Waals surface area contributed by atoms with Gasteiger partial charge in [-0.05, 0) is 103 Å². The number of carbonyl (C=O) groups excluding carboxylic acids is 3. The molecule has 79 heavy (non-hydrogen) atoms. The maximum absolute atomic E-state index is 12.9. The molecule has 0 heterocycles. The topological polar surface area (TPSA) is 78.9 Å². The van der Waals surface area contributed by atoms with E-state index in [2.05, 4.69) is 81.5 Å². The van der Waals surface area contributed by atoms with E-state index < -0.39 is 6.10 Å². The fraction of sp³-hybridized carbons (Fsp3) is 0.822. The minimum absolute atomic E-state index is 0.0784. The summed E-state index contributed by atoms with van der Waals surface area (Å²) in [5.74, 6) is -0.883. The lowest BCUT2D eigenvalue weighted by Gasteiger charge is -2.18. The summed E-state index contributed by atoms with van der Waals surface area (Å²) < 4.78 is 16.9. The standard InChI is InChI=1S/C73H132O6/c1-4-7-10-13-16-19-22-25-27-28-29-30-31-32-33-34-35-36-37-38-39-40-41-42-43-44-46-48-51-54-57-60-63-66-72(75)78-69-70(68-77-71(74)65-62-59-56-53-50-47-24-21-18-15-12-9-6-3)79-73(76)67-64-61-58-55-52-49-45-26-23-20-17-14-11-8-5-2/h12,15,21-22,24-26,28-29,45,70H,4-11,13-14,16-20,23,27,30-44,46-69H2,1-3H3/b15-12-,24-21-,25-22-,29-28-,45-26-. The minimum atomic E-state index is -0.783. The first-order chi connectivity index (χ1) is 39.0. The van der Waals surface area contributed by atoms with Crippen molar-refractivity contribution in [3.8, 4) is 0 Å². The summed E-state index contributed by atoms with van der Waals surface area (Å²) in [6.45, 7) is 6.59. The third kappa shape index (κ3) is 65.8. The second-order valence-electron chi connectivity index (χ2n) is 23.4. The number of hydrogen-bond donors (Lipinski definition) is 0. The van der Waals surface area contributed by atoms with Crippen LogP contribution in [0.4, 0.5) is 0 Å². The first kappa shape index (κ1) is 76.1. The smallest absolute Gasteiger partial charge is 0.306 e. The molecular formula is C73H132O6. The predicted molar refractivity (Wildman–Crippen MR) is 344 cm³/mol. The van der Waals surface area contributed by atoms with Gasteiger partial charge < -0.3 is 14.2 Å². The molecule has 0 aromatic rings. The van der Waals surface area contributed by atoms with Crippen molar-refractivity contribution in [2.45, 2.75) is 374 Å². The highest BCUT2D eigenvalue weighted by molar-refractivity contribution is 5.71. The monoisotopic (exact) mass is 1110 g/mol. The lowest BCUT2D eigenvalue weighted by molar-refractivity contribution is -0.167. The molecule has 0 saturated carbocycles. The van der Waals surface area contributed by atoms with E-state index in [4.69, 9.17) is 14.2 Å². The Hall–Kier alpha value is -2.89. The SMILES string of the molecule is CCC/C=C\C/C=C\CCCCCCCC(=O)OCC(COC(=O)CCCCCCCCCCCCCCCCCCCCCCC/C=C\C/C=C\CCCCCCC)OC(=O)CCCCCCC/C=C\CCCCCCCC. The Bertz CT molecular complexity index is 1410. The predicted octanol–water partition coefficient (Wildman–Crippen LogP) is 23.9. The first-order valence-electron chi connectivity index (χ1n) is 34.8. The summed E-state index contributed by atoms with van der Waals surface area (Å²) in [6.07, 6.45) is 86.9. The van der Waals surface area contributed by atoms with E-state index in [1.165, 1.54) is 225 Å². The van der Waals surface area contributed by atoms with Gasteiger partial charge in [0, 0.05) is 19.3 Å². The molecule has 0 N–H and O–H groups in total. The van der Waals surface area contributed by atoms with Gasteiger partial charge in [-0.15, -0.1) is 0 Å². The van der Waals surface area contributed by atoms with Crippen LogP contribution >= 0.6 is 0 Å². The van der Waals surface area contributed by atoms with Gasteiger partial charge in [0.2, 0.25) is 0 Å². The molecule has 0 bridgehead atoms. The van der Waals surface area contributed by atoms with Crippen LogP contribution in [-0.2, 0) is 28.6 Å². The van der Waals surface area contributed by atoms with Gasteiger partial charge in [0.1, 0.15) is 13.2 Å². The van der Waals surface area contributed by atoms with Gasteiger partial charge in [-0.1, -0.05) is 306 Å². The van der Waals surface area contributed by atoms with Gasteiger partial charge in [0.05, 0.1) is 0 Å². The third-order valence-electron chi connectivity index (χ3n) is 15.4. The molecule has 0 aliphatic rings. The maximum Gasteiger partial charge on any atom is 0.306 e. The van der Waals surface area contributed by atoms with E-state index in [0.29, 0.717) is 19.3 Å². The highest BCUT2D eigenvalue weighted by atomic mass is 16.6. The number of rotatable bonds is 64. The molecule has 0 radical (unpaired) electrons. The van der Waals surface area contributed by atoms with Crippen LogP contribution in [0.1, 0.15) is 367 Å². The average molecular weight is 1110 g/mol. The molecular weight excluding hydrogens is 973 g/mol. The summed E-state index contributed by atoms with van der Waals surface area (Å²) in [7, 11) is 0. The van der Waals surface area contributed by atoms with Crippen LogP contribution < -0.4 is 0 Å². The minimum Gasteiger partial charge on any atom is -0.462 e. The van der Waals surface area contributed by atoms with Crippen molar-refractivity contribution in [1.82, 2.24) is 0 Å². The molecule has 460 valence electrons. The molecule has 6 nitrogen and oxygen atoms in total. The van der Waals surface area contributed by atoms with Crippen LogP contribution in [-0.4, -0.2) is 37.2 Å². The van der Waals surface area contributed by atoms with Gasteiger partial charge >= 0.3 is 17.9 Å². The van der Waals surface area contributed by atoms with Gasteiger partial charge in [0.25, 0.3) is 0 Å². The van der Waals surface area contributed by atoms with Crippen molar-refractivity contribution in [2.75, 3.05) is 13.2 Å². The van der Waals surface area contributed by atoms with Gasteiger partial charge in [-0.2, -0.15) is 0 Å². The normalized spacial score (nSPS) is 12.4. The maximum atomic E-state index is 12.9. The quantitative estimate of drug-likeness (QED) is 0.0261. The molecule has 0 aromatic heterocycles. The Labute approximate surface area is 491 Å². The molecule has 0 rings (SSSR count). The summed E-state index contributed by atoms with van der Waals surface area (Å²) in [4.78, 5) is 38.3. The Morgan fingerprint density at radius 2 is 0.481 bits per heavy atom. The zero-order valence-electron chi connectivity index (χ0n) is 52.9. The number of carbonyl (C=O) groups is 3. The van der Waals surface area contributed by atoms with Crippen molar-refractivity contribution >= 4 is 17.9 Å². The number of unbranched alkanes of at least 4 members (excludes halogenated alkanes) is 43. The van der Waals surface area contributed by atoms with Gasteiger partial charge in [-0.3, -0.25) is 14.4 Å². The van der Waals surface area contributed by atoms with Crippen molar-refractivity contribution in [1.29, 1.82) is 0 Å². The van der Waals surface area contributed by atoms with E-state index in [9.17, 15) is 14.4 Å². The van der Waals surface area contributed by atoms with Crippen LogP contribution in [0.5, 0.6) is 0 Å². The van der Waals surface area contributed by atoms with Crippen LogP contribution in [0.25, 0.3) is 0 Å². The molecule has 1 unspecified atom stereocenters. The largest absolute Gasteiger partial charge is 0.462 e. The summed E-state index contributed by atoms with van der Waals surface area (Å²) in [6, 6.07) is 0. The third-order valence-corrected chi connectivity index (χ3v) is 15.4. The van der Waals surface area contributed by atoms with Crippen molar-refractivity contribution in [3.63, 3.8) is 0 Å². The average Bonchev–Trinajstić information content (AvgIpc) is 3.45. The van der Waals surface area contributed by atoms with E-state index in [1.807, 2.05) is 0 Å². The van der Waals surface area contributed by atoms with E-state index in [0.717, 1.165) is 103 Å². The van der Waals surface area contributed by atoms with Crippen molar-refractivity contribution < 1.29 is 28.6 Å². The molecule has 0 aliphatic carbocycles. The zero-order valence-corrected chi connectivity index (χ0v) is 52.9. The fourth-order valence-corrected chi connectivity index (χ4v) is 10.2. The lowest BCUT2D eigenvalue weighted by Crippen LogP contribution is -2.30. The molecule has 0 saturated heterocycles. The van der Waals surface area contributed by atoms with Crippen LogP contribution in [0.2, 0.25) is 0 Å². The highest BCUT2D eigenvalue weighted by Gasteiger charge is 2.19. The Kier molecular flexibility index (Phi) is 65.1. The lowest BCUT2D eigenvalue weighted by atomic mass is 10.0. The van der Waals surface area contributed by atoms with Crippen LogP contribution in [0.15, 0.2) is 60.8 Å². The Morgan fingerprint density at radius 3 is 0.759 bits per heavy atom. The molecule has 0 aromatic carbocycles. The van der Waals surface area contributed by atoms with Gasteiger partial charge in [-0.25, -0.2) is 0 Å².